The summed E-state index contributed by atoms with van der Waals surface area (Å²) in [6.07, 6.45) is 1.14. The molecule has 6 heteroatoms. The lowest BCUT2D eigenvalue weighted by atomic mass is 10.1. The van der Waals surface area contributed by atoms with E-state index in [0.717, 1.165) is 6.42 Å². The molecule has 0 bridgehead atoms. The lowest BCUT2D eigenvalue weighted by Gasteiger charge is -2.12. The number of thiocarbonyl (C=S) groups is 1. The van der Waals surface area contributed by atoms with Crippen molar-refractivity contribution in [2.45, 2.75) is 26.7 Å². The molecule has 1 aromatic carbocycles. The summed E-state index contributed by atoms with van der Waals surface area (Å²) in [5, 5.41) is 14.5. The van der Waals surface area contributed by atoms with E-state index in [1.807, 2.05) is 6.92 Å². The Bertz CT molecular complexity index is 515. The van der Waals surface area contributed by atoms with Gasteiger partial charge in [0.25, 0.3) is 0 Å². The number of carbonyl (C=O) groups excluding carboxylic acids is 1. The van der Waals surface area contributed by atoms with Crippen molar-refractivity contribution >= 4 is 34.9 Å². The zero-order chi connectivity index (χ0) is 14.4. The summed E-state index contributed by atoms with van der Waals surface area (Å²) in [7, 11) is 0. The Balaban J connectivity index is 2.77. The first-order valence-electron chi connectivity index (χ1n) is 5.89. The molecule has 0 aliphatic carbocycles. The van der Waals surface area contributed by atoms with E-state index in [0.29, 0.717) is 17.7 Å². The van der Waals surface area contributed by atoms with Gasteiger partial charge in [0.05, 0.1) is 5.56 Å². The Labute approximate surface area is 117 Å². The zero-order valence-electron chi connectivity index (χ0n) is 10.8. The van der Waals surface area contributed by atoms with Crippen molar-refractivity contribution in [3.05, 3.63) is 29.3 Å². The number of carboxylic acids is 1. The molecule has 0 unspecified atom stereocenters. The van der Waals surface area contributed by atoms with Crippen LogP contribution in [0.4, 0.5) is 5.69 Å². The number of carbonyl (C=O) groups is 2. The number of aromatic carboxylic acids is 1. The van der Waals surface area contributed by atoms with Gasteiger partial charge < -0.3 is 15.7 Å². The molecule has 0 aromatic heterocycles. The van der Waals surface area contributed by atoms with E-state index in [1.54, 1.807) is 19.1 Å². The maximum atomic E-state index is 11.4. The molecule has 3 N–H and O–H groups in total. The van der Waals surface area contributed by atoms with Gasteiger partial charge in [-0.25, -0.2) is 4.79 Å². The summed E-state index contributed by atoms with van der Waals surface area (Å²) in [5.41, 5.74) is 1.34. The zero-order valence-corrected chi connectivity index (χ0v) is 11.6. The van der Waals surface area contributed by atoms with Crippen LogP contribution in [-0.2, 0) is 4.79 Å². The second-order valence-electron chi connectivity index (χ2n) is 4.04. The Morgan fingerprint density at radius 1 is 1.37 bits per heavy atom. The van der Waals surface area contributed by atoms with E-state index in [1.165, 1.54) is 6.07 Å². The number of carboxylic acid groups (broad SMARTS) is 1. The predicted molar refractivity (Wildman–Crippen MR) is 77.4 cm³/mol. The molecule has 0 aliphatic heterocycles. The summed E-state index contributed by atoms with van der Waals surface area (Å²) >= 11 is 5.00. The quantitative estimate of drug-likeness (QED) is 0.738. The van der Waals surface area contributed by atoms with Gasteiger partial charge in [0, 0.05) is 12.1 Å². The monoisotopic (exact) mass is 280 g/mol. The number of anilines is 1. The van der Waals surface area contributed by atoms with Crippen molar-refractivity contribution in [3.8, 4) is 0 Å². The normalized spacial score (nSPS) is 9.79. The highest BCUT2D eigenvalue weighted by Crippen LogP contribution is 2.18. The lowest BCUT2D eigenvalue weighted by Crippen LogP contribution is -2.34. The minimum Gasteiger partial charge on any atom is -0.478 e. The minimum atomic E-state index is -0.998. The Hall–Kier alpha value is -1.95. The van der Waals surface area contributed by atoms with Crippen LogP contribution >= 0.6 is 12.2 Å². The van der Waals surface area contributed by atoms with E-state index in [4.69, 9.17) is 17.3 Å². The van der Waals surface area contributed by atoms with Gasteiger partial charge in [-0.3, -0.25) is 4.79 Å². The highest BCUT2D eigenvalue weighted by molar-refractivity contribution is 7.80. The highest BCUT2D eigenvalue weighted by Gasteiger charge is 2.11. The molecule has 19 heavy (non-hydrogen) atoms. The predicted octanol–water partition coefficient (Wildman–Crippen LogP) is 2.31. The van der Waals surface area contributed by atoms with Crippen molar-refractivity contribution in [2.75, 3.05) is 5.32 Å². The van der Waals surface area contributed by atoms with Crippen LogP contribution in [0, 0.1) is 6.92 Å². The number of rotatable bonds is 4. The fraction of sp³-hybridized carbons (Fsp3) is 0.308. The van der Waals surface area contributed by atoms with Gasteiger partial charge in [-0.15, -0.1) is 0 Å². The molecule has 0 radical (unpaired) electrons. The van der Waals surface area contributed by atoms with E-state index in [-0.39, 0.29) is 16.6 Å². The maximum Gasteiger partial charge on any atom is 0.336 e. The molecular formula is C13H16N2O3S. The largest absolute Gasteiger partial charge is 0.478 e. The molecule has 0 saturated carbocycles. The summed E-state index contributed by atoms with van der Waals surface area (Å²) in [6.45, 7) is 3.58. The molecule has 0 fully saturated rings. The van der Waals surface area contributed by atoms with Gasteiger partial charge in [-0.1, -0.05) is 13.0 Å². The van der Waals surface area contributed by atoms with Crippen LogP contribution in [0.1, 0.15) is 35.7 Å². The first-order chi connectivity index (χ1) is 8.95. The van der Waals surface area contributed by atoms with Crippen molar-refractivity contribution in [2.24, 2.45) is 0 Å². The van der Waals surface area contributed by atoms with Gasteiger partial charge in [-0.2, -0.15) is 0 Å². The molecular weight excluding hydrogens is 264 g/mol. The SMILES string of the molecule is CCCC(=O)NC(=S)Nc1cccc(C(=O)O)c1C. The first-order valence-corrected chi connectivity index (χ1v) is 6.30. The highest BCUT2D eigenvalue weighted by atomic mass is 32.1. The Morgan fingerprint density at radius 3 is 2.63 bits per heavy atom. The van der Waals surface area contributed by atoms with Gasteiger partial charge in [0.1, 0.15) is 0 Å². The van der Waals surface area contributed by atoms with E-state index >= 15 is 0 Å². The molecule has 102 valence electrons. The number of hydrogen-bond donors (Lipinski definition) is 3. The summed E-state index contributed by atoms with van der Waals surface area (Å²) in [4.78, 5) is 22.4. The van der Waals surface area contributed by atoms with Crippen molar-refractivity contribution in [1.29, 1.82) is 0 Å². The Morgan fingerprint density at radius 2 is 2.05 bits per heavy atom. The first kappa shape index (κ1) is 15.1. The van der Waals surface area contributed by atoms with Crippen molar-refractivity contribution < 1.29 is 14.7 Å². The van der Waals surface area contributed by atoms with Gasteiger partial charge in [-0.05, 0) is 43.3 Å². The molecule has 0 spiro atoms. The van der Waals surface area contributed by atoms with Gasteiger partial charge in [0.15, 0.2) is 5.11 Å². The third kappa shape index (κ3) is 4.33. The molecule has 0 saturated heterocycles. The van der Waals surface area contributed by atoms with Crippen LogP contribution in [0.5, 0.6) is 0 Å². The number of nitrogens with one attached hydrogen (secondary N) is 2. The topological polar surface area (TPSA) is 78.4 Å². The Kier molecular flexibility index (Phi) is 5.44. The van der Waals surface area contributed by atoms with Crippen LogP contribution < -0.4 is 10.6 Å². The summed E-state index contributed by atoms with van der Waals surface area (Å²) in [5.74, 6) is -1.16. The van der Waals surface area contributed by atoms with Crippen LogP contribution in [0.25, 0.3) is 0 Å². The smallest absolute Gasteiger partial charge is 0.336 e. The molecule has 0 atom stereocenters. The van der Waals surface area contributed by atoms with Crippen LogP contribution in [-0.4, -0.2) is 22.1 Å². The fourth-order valence-electron chi connectivity index (χ4n) is 1.57. The molecule has 1 rings (SSSR count). The summed E-state index contributed by atoms with van der Waals surface area (Å²) < 4.78 is 0. The summed E-state index contributed by atoms with van der Waals surface area (Å²) in [6, 6.07) is 4.84. The third-order valence-corrected chi connectivity index (χ3v) is 2.75. The second-order valence-corrected chi connectivity index (χ2v) is 4.44. The number of benzene rings is 1. The fourth-order valence-corrected chi connectivity index (χ4v) is 1.80. The third-order valence-electron chi connectivity index (χ3n) is 2.54. The standard InChI is InChI=1S/C13H16N2O3S/c1-3-5-11(16)15-13(19)14-10-7-4-6-9(8(10)2)12(17)18/h4,6-7H,3,5H2,1-2H3,(H,17,18)(H2,14,15,16,19). The van der Waals surface area contributed by atoms with E-state index in [2.05, 4.69) is 10.6 Å². The average molecular weight is 280 g/mol. The lowest BCUT2D eigenvalue weighted by molar-refractivity contribution is -0.119. The van der Waals surface area contributed by atoms with E-state index < -0.39 is 5.97 Å². The maximum absolute atomic E-state index is 11.4. The van der Waals surface area contributed by atoms with Crippen LogP contribution in [0.2, 0.25) is 0 Å². The number of hydrogen-bond acceptors (Lipinski definition) is 3. The van der Waals surface area contributed by atoms with E-state index in [9.17, 15) is 9.59 Å². The molecule has 0 heterocycles. The van der Waals surface area contributed by atoms with Crippen molar-refractivity contribution in [3.63, 3.8) is 0 Å². The molecule has 1 aromatic rings. The molecule has 0 aliphatic rings. The molecule has 1 amide bonds. The minimum absolute atomic E-state index is 0.160. The molecule has 5 nitrogen and oxygen atoms in total. The van der Waals surface area contributed by atoms with Crippen LogP contribution in [0.15, 0.2) is 18.2 Å². The van der Waals surface area contributed by atoms with Gasteiger partial charge in [0.2, 0.25) is 5.91 Å². The van der Waals surface area contributed by atoms with Crippen molar-refractivity contribution in [1.82, 2.24) is 5.32 Å². The van der Waals surface area contributed by atoms with Crippen LogP contribution in [0.3, 0.4) is 0 Å². The van der Waals surface area contributed by atoms with Gasteiger partial charge >= 0.3 is 5.97 Å². The average Bonchev–Trinajstić information content (AvgIpc) is 2.31. The second kappa shape index (κ2) is 6.84. The number of amides is 1.